The lowest BCUT2D eigenvalue weighted by Crippen LogP contribution is -2.42. The number of anilines is 2. The number of carbonyl (C=O) groups excluding carboxylic acids is 2. The van der Waals surface area contributed by atoms with Crippen LogP contribution in [0.15, 0.2) is 41.1 Å². The van der Waals surface area contributed by atoms with Gasteiger partial charge in [0.1, 0.15) is 6.54 Å². The number of hydrogen-bond donors (Lipinski definition) is 1. The first-order chi connectivity index (χ1) is 9.24. The van der Waals surface area contributed by atoms with Gasteiger partial charge in [0, 0.05) is 0 Å². The summed E-state index contributed by atoms with van der Waals surface area (Å²) in [5.41, 5.74) is 2.44. The van der Waals surface area contributed by atoms with E-state index in [1.54, 1.807) is 22.3 Å². The summed E-state index contributed by atoms with van der Waals surface area (Å²) in [5.74, 6) is -0.210. The van der Waals surface area contributed by atoms with Crippen LogP contribution in [0.1, 0.15) is 5.56 Å². The molecule has 19 heavy (non-hydrogen) atoms. The number of amides is 2. The molecule has 0 saturated heterocycles. The summed E-state index contributed by atoms with van der Waals surface area (Å²) in [6, 6.07) is 9.28. The number of nitrogens with zero attached hydrogens (tertiary/aromatic N) is 1. The van der Waals surface area contributed by atoms with E-state index in [0.29, 0.717) is 12.1 Å². The summed E-state index contributed by atoms with van der Waals surface area (Å²) in [5, 5.41) is 6.67. The summed E-state index contributed by atoms with van der Waals surface area (Å²) in [4.78, 5) is 25.5. The van der Waals surface area contributed by atoms with E-state index in [4.69, 9.17) is 0 Å². The SMILES string of the molecule is O=C1CN(C(=O)Cc2ccsc2)c2ccccc2N1. The fourth-order valence-corrected chi connectivity index (χ4v) is 2.79. The molecule has 0 aliphatic carbocycles. The Bertz CT molecular complexity index is 622. The van der Waals surface area contributed by atoms with Gasteiger partial charge in [-0.25, -0.2) is 0 Å². The fourth-order valence-electron chi connectivity index (χ4n) is 2.12. The first-order valence-electron chi connectivity index (χ1n) is 5.94. The summed E-state index contributed by atoms with van der Waals surface area (Å²) in [7, 11) is 0. The van der Waals surface area contributed by atoms with E-state index < -0.39 is 0 Å². The highest BCUT2D eigenvalue weighted by Gasteiger charge is 2.26. The van der Waals surface area contributed by atoms with Crippen LogP contribution in [0.25, 0.3) is 0 Å². The lowest BCUT2D eigenvalue weighted by atomic mass is 10.1. The standard InChI is InChI=1S/C14H12N2O2S/c17-13-8-16(12-4-2-1-3-11(12)15-13)14(18)7-10-5-6-19-9-10/h1-6,9H,7-8H2,(H,15,17). The van der Waals surface area contributed by atoms with Crippen LogP contribution in [-0.4, -0.2) is 18.4 Å². The molecular weight excluding hydrogens is 260 g/mol. The molecular formula is C14H12N2O2S. The zero-order valence-corrected chi connectivity index (χ0v) is 10.9. The Balaban J connectivity index is 1.88. The van der Waals surface area contributed by atoms with Gasteiger partial charge in [-0.1, -0.05) is 12.1 Å². The largest absolute Gasteiger partial charge is 0.323 e. The molecule has 0 saturated carbocycles. The minimum atomic E-state index is -0.155. The summed E-state index contributed by atoms with van der Waals surface area (Å²) in [6.07, 6.45) is 0.325. The highest BCUT2D eigenvalue weighted by molar-refractivity contribution is 7.08. The molecule has 1 aromatic heterocycles. The van der Waals surface area contributed by atoms with Crippen molar-refractivity contribution in [1.29, 1.82) is 0 Å². The Labute approximate surface area is 114 Å². The number of hydrogen-bond acceptors (Lipinski definition) is 3. The predicted octanol–water partition coefficient (Wildman–Crippen LogP) is 2.28. The third kappa shape index (κ3) is 2.37. The van der Waals surface area contributed by atoms with E-state index in [9.17, 15) is 9.59 Å². The molecule has 1 aromatic carbocycles. The number of fused-ring (bicyclic) bond motifs is 1. The molecule has 2 amide bonds. The predicted molar refractivity (Wildman–Crippen MR) is 75.4 cm³/mol. The lowest BCUT2D eigenvalue weighted by Gasteiger charge is -2.29. The van der Waals surface area contributed by atoms with Crippen molar-refractivity contribution in [1.82, 2.24) is 0 Å². The van der Waals surface area contributed by atoms with Crippen molar-refractivity contribution in [2.45, 2.75) is 6.42 Å². The van der Waals surface area contributed by atoms with Gasteiger partial charge in [0.15, 0.2) is 0 Å². The number of thiophene rings is 1. The molecule has 2 aromatic rings. The van der Waals surface area contributed by atoms with Crippen molar-refractivity contribution < 1.29 is 9.59 Å². The Morgan fingerprint density at radius 2 is 2.16 bits per heavy atom. The van der Waals surface area contributed by atoms with E-state index in [1.807, 2.05) is 35.0 Å². The van der Waals surface area contributed by atoms with E-state index >= 15 is 0 Å². The van der Waals surface area contributed by atoms with Gasteiger partial charge in [-0.05, 0) is 34.5 Å². The summed E-state index contributed by atoms with van der Waals surface area (Å²) >= 11 is 1.56. The van der Waals surface area contributed by atoms with Crippen molar-refractivity contribution >= 4 is 34.5 Å². The highest BCUT2D eigenvalue weighted by Crippen LogP contribution is 2.29. The van der Waals surface area contributed by atoms with Crippen molar-refractivity contribution in [2.24, 2.45) is 0 Å². The Hall–Kier alpha value is -2.14. The minimum absolute atomic E-state index is 0.0549. The fraction of sp³-hybridized carbons (Fsp3) is 0.143. The average molecular weight is 272 g/mol. The maximum Gasteiger partial charge on any atom is 0.244 e. The van der Waals surface area contributed by atoms with Crippen LogP contribution in [0, 0.1) is 0 Å². The van der Waals surface area contributed by atoms with Crippen LogP contribution in [0.3, 0.4) is 0 Å². The van der Waals surface area contributed by atoms with Crippen molar-refractivity contribution in [3.05, 3.63) is 46.7 Å². The zero-order chi connectivity index (χ0) is 13.2. The van der Waals surface area contributed by atoms with Gasteiger partial charge in [-0.2, -0.15) is 11.3 Å². The van der Waals surface area contributed by atoms with Gasteiger partial charge in [0.05, 0.1) is 17.8 Å². The van der Waals surface area contributed by atoms with E-state index in [2.05, 4.69) is 5.32 Å². The molecule has 0 unspecified atom stereocenters. The van der Waals surface area contributed by atoms with Gasteiger partial charge in [-0.15, -0.1) is 0 Å². The molecule has 0 spiro atoms. The monoisotopic (exact) mass is 272 g/mol. The van der Waals surface area contributed by atoms with E-state index in [1.165, 1.54) is 0 Å². The lowest BCUT2D eigenvalue weighted by molar-refractivity contribution is -0.121. The third-order valence-electron chi connectivity index (χ3n) is 3.01. The number of benzene rings is 1. The molecule has 96 valence electrons. The van der Waals surface area contributed by atoms with Crippen LogP contribution < -0.4 is 10.2 Å². The zero-order valence-electron chi connectivity index (χ0n) is 10.1. The normalized spacial score (nSPS) is 13.9. The van der Waals surface area contributed by atoms with E-state index in [0.717, 1.165) is 11.3 Å². The maximum atomic E-state index is 12.3. The van der Waals surface area contributed by atoms with Crippen LogP contribution >= 0.6 is 11.3 Å². The summed E-state index contributed by atoms with van der Waals surface area (Å²) < 4.78 is 0. The van der Waals surface area contributed by atoms with Crippen LogP contribution in [0.4, 0.5) is 11.4 Å². The van der Waals surface area contributed by atoms with Crippen LogP contribution in [-0.2, 0) is 16.0 Å². The first-order valence-corrected chi connectivity index (χ1v) is 6.88. The highest BCUT2D eigenvalue weighted by atomic mass is 32.1. The Morgan fingerprint density at radius 1 is 1.32 bits per heavy atom. The second-order valence-corrected chi connectivity index (χ2v) is 5.13. The molecule has 1 aliphatic rings. The van der Waals surface area contributed by atoms with Crippen molar-refractivity contribution in [3.8, 4) is 0 Å². The molecule has 1 N–H and O–H groups in total. The Kier molecular flexibility index (Phi) is 3.05. The molecule has 0 fully saturated rings. The van der Waals surface area contributed by atoms with Gasteiger partial charge in [0.2, 0.25) is 11.8 Å². The average Bonchev–Trinajstić information content (AvgIpc) is 2.90. The maximum absolute atomic E-state index is 12.3. The van der Waals surface area contributed by atoms with Gasteiger partial charge >= 0.3 is 0 Å². The minimum Gasteiger partial charge on any atom is -0.323 e. The first kappa shape index (κ1) is 11.9. The molecule has 0 atom stereocenters. The molecule has 4 nitrogen and oxygen atoms in total. The van der Waals surface area contributed by atoms with Crippen molar-refractivity contribution in [2.75, 3.05) is 16.8 Å². The molecule has 5 heteroatoms. The molecule has 2 heterocycles. The van der Waals surface area contributed by atoms with E-state index in [-0.39, 0.29) is 18.4 Å². The second-order valence-electron chi connectivity index (χ2n) is 4.35. The second kappa shape index (κ2) is 4.85. The molecule has 0 bridgehead atoms. The number of carbonyl (C=O) groups is 2. The van der Waals surface area contributed by atoms with Crippen LogP contribution in [0.5, 0.6) is 0 Å². The molecule has 3 rings (SSSR count). The quantitative estimate of drug-likeness (QED) is 0.911. The smallest absolute Gasteiger partial charge is 0.244 e. The number of nitrogens with one attached hydrogen (secondary N) is 1. The molecule has 1 aliphatic heterocycles. The van der Waals surface area contributed by atoms with Gasteiger partial charge in [0.25, 0.3) is 0 Å². The number of para-hydroxylation sites is 2. The topological polar surface area (TPSA) is 49.4 Å². The molecule has 0 radical (unpaired) electrons. The van der Waals surface area contributed by atoms with Gasteiger partial charge < -0.3 is 10.2 Å². The van der Waals surface area contributed by atoms with Crippen LogP contribution in [0.2, 0.25) is 0 Å². The summed E-state index contributed by atoms with van der Waals surface area (Å²) in [6.45, 7) is 0.0833. The van der Waals surface area contributed by atoms with Gasteiger partial charge in [-0.3, -0.25) is 9.59 Å². The van der Waals surface area contributed by atoms with Crippen molar-refractivity contribution in [3.63, 3.8) is 0 Å². The third-order valence-corrected chi connectivity index (χ3v) is 3.74. The number of rotatable bonds is 2. The Morgan fingerprint density at radius 3 is 2.95 bits per heavy atom.